The molecule has 312 valence electrons. The Morgan fingerprint density at radius 3 is 1.49 bits per heavy atom. The minimum atomic E-state index is -0.481. The van der Waals surface area contributed by atoms with Crippen molar-refractivity contribution in [2.45, 2.75) is 17.3 Å². The molecule has 0 aromatic heterocycles. The van der Waals surface area contributed by atoms with Crippen molar-refractivity contribution in [1.82, 2.24) is 0 Å². The quantitative estimate of drug-likeness (QED) is 0.156. The van der Waals surface area contributed by atoms with E-state index < -0.39 is 5.41 Å². The Hall–Kier alpha value is -8.32. The third kappa shape index (κ3) is 5.60. The molecule has 0 radical (unpaired) electrons. The van der Waals surface area contributed by atoms with Crippen LogP contribution in [0.1, 0.15) is 67.5 Å². The molecule has 3 aliphatic carbocycles. The zero-order valence-electron chi connectivity index (χ0n) is 36.9. The van der Waals surface area contributed by atoms with Crippen LogP contribution in [0.4, 0.5) is 0 Å². The molecule has 0 spiro atoms. The van der Waals surface area contributed by atoms with Gasteiger partial charge in [-0.3, -0.25) is 0 Å². The Morgan fingerprint density at radius 2 is 0.761 bits per heavy atom. The maximum Gasteiger partial charge on any atom is 0.0713 e. The maximum atomic E-state index is 2.58. The Morgan fingerprint density at radius 1 is 0.254 bits per heavy atom. The van der Waals surface area contributed by atoms with Gasteiger partial charge in [0.2, 0.25) is 0 Å². The lowest BCUT2D eigenvalue weighted by atomic mass is 9.67. The lowest BCUT2D eigenvalue weighted by Gasteiger charge is -2.34. The summed E-state index contributed by atoms with van der Waals surface area (Å²) >= 11 is 0. The Kier molecular flexibility index (Phi) is 8.43. The second-order valence-electron chi connectivity index (χ2n) is 18.6. The van der Waals surface area contributed by atoms with Gasteiger partial charge in [-0.1, -0.05) is 231 Å². The molecule has 2 atom stereocenters. The molecule has 0 saturated heterocycles. The summed E-state index contributed by atoms with van der Waals surface area (Å²) in [5.41, 5.74) is 25.8. The first-order valence-corrected chi connectivity index (χ1v) is 23.6. The van der Waals surface area contributed by atoms with E-state index in [-0.39, 0.29) is 11.8 Å². The SMILES string of the molecule is c1ccc(-c2ccc(C3c4ccc(-c5ccc6c(c5)-c5ccccc5C6c5cccc6ccccc56)cc4-c4cc5c(cc43)-c3ccccc3C5(c3ccccc3)c3ccccc3)cc2)cc1. The van der Waals surface area contributed by atoms with Gasteiger partial charge in [0.25, 0.3) is 0 Å². The van der Waals surface area contributed by atoms with Gasteiger partial charge in [0.05, 0.1) is 5.41 Å². The Labute approximate surface area is 392 Å². The first-order valence-electron chi connectivity index (χ1n) is 23.6. The molecule has 14 rings (SSSR count). The van der Waals surface area contributed by atoms with Crippen LogP contribution in [0.2, 0.25) is 0 Å². The van der Waals surface area contributed by atoms with Crippen LogP contribution in [0.25, 0.3) is 66.4 Å². The van der Waals surface area contributed by atoms with E-state index >= 15 is 0 Å². The van der Waals surface area contributed by atoms with Crippen molar-refractivity contribution < 1.29 is 0 Å². The van der Waals surface area contributed by atoms with Crippen molar-refractivity contribution >= 4 is 10.8 Å². The predicted molar refractivity (Wildman–Crippen MR) is 278 cm³/mol. The van der Waals surface area contributed by atoms with Crippen LogP contribution >= 0.6 is 0 Å². The number of benzene rings is 11. The monoisotopic (exact) mass is 848 g/mol. The van der Waals surface area contributed by atoms with Gasteiger partial charge in [0, 0.05) is 11.8 Å². The molecule has 11 aromatic carbocycles. The second kappa shape index (κ2) is 14.9. The lowest BCUT2D eigenvalue weighted by Crippen LogP contribution is -2.28. The van der Waals surface area contributed by atoms with Crippen molar-refractivity contribution in [3.63, 3.8) is 0 Å². The van der Waals surface area contributed by atoms with Gasteiger partial charge in [0.1, 0.15) is 0 Å². The van der Waals surface area contributed by atoms with Crippen LogP contribution < -0.4 is 0 Å². The molecule has 0 bridgehead atoms. The normalized spacial score (nSPS) is 15.6. The molecular weight excluding hydrogens is 805 g/mol. The molecule has 2 unspecified atom stereocenters. The zero-order valence-corrected chi connectivity index (χ0v) is 36.9. The summed E-state index contributed by atoms with van der Waals surface area (Å²) in [7, 11) is 0. The molecule has 0 amide bonds. The summed E-state index contributed by atoms with van der Waals surface area (Å²) in [4.78, 5) is 0. The van der Waals surface area contributed by atoms with E-state index in [4.69, 9.17) is 0 Å². The van der Waals surface area contributed by atoms with Gasteiger partial charge in [-0.05, 0) is 146 Å². The molecule has 0 nitrogen and oxygen atoms in total. The number of fused-ring (bicyclic) bond motifs is 10. The largest absolute Gasteiger partial charge is 0.0713 e. The van der Waals surface area contributed by atoms with E-state index in [1.165, 1.54) is 122 Å². The minimum absolute atomic E-state index is 0.0816. The number of hydrogen-bond acceptors (Lipinski definition) is 0. The maximum absolute atomic E-state index is 2.58. The highest BCUT2D eigenvalue weighted by Gasteiger charge is 2.47. The van der Waals surface area contributed by atoms with E-state index in [0.717, 1.165) is 0 Å². The fourth-order valence-electron chi connectivity index (χ4n) is 12.4. The second-order valence-corrected chi connectivity index (χ2v) is 18.6. The number of rotatable bonds is 6. The summed E-state index contributed by atoms with van der Waals surface area (Å²) in [5, 5.41) is 2.60. The van der Waals surface area contributed by atoms with E-state index in [1.807, 2.05) is 0 Å². The average molecular weight is 849 g/mol. The molecule has 67 heavy (non-hydrogen) atoms. The van der Waals surface area contributed by atoms with Crippen LogP contribution in [0, 0.1) is 0 Å². The van der Waals surface area contributed by atoms with Crippen molar-refractivity contribution in [3.05, 3.63) is 310 Å². The molecule has 0 heterocycles. The van der Waals surface area contributed by atoms with E-state index in [0.29, 0.717) is 0 Å². The summed E-state index contributed by atoms with van der Waals surface area (Å²) in [6, 6.07) is 95.9. The smallest absolute Gasteiger partial charge is 0.0622 e. The molecule has 0 aliphatic heterocycles. The van der Waals surface area contributed by atoms with Gasteiger partial charge < -0.3 is 0 Å². The highest BCUT2D eigenvalue weighted by atomic mass is 14.5. The van der Waals surface area contributed by atoms with Crippen LogP contribution in [-0.4, -0.2) is 0 Å². The Bertz CT molecular complexity index is 3680. The standard InChI is InChI=1S/C67H44/c1-4-17-43(18-5-1)44-31-33-46(34-32-44)65-56-37-35-48(47-36-38-57-58(39-47)52-26-12-13-28-55(52)66(57)54-29-16-20-45-19-10-11-25-51(45)54)40-59(56)60-42-64-61(41-62(60)65)53-27-14-15-30-63(53)67(64,49-21-6-2-7-22-49)50-23-8-3-9-24-50/h1-42,65-66H. The third-order valence-corrected chi connectivity index (χ3v) is 15.3. The summed E-state index contributed by atoms with van der Waals surface area (Å²) in [6.45, 7) is 0. The minimum Gasteiger partial charge on any atom is -0.0622 e. The molecule has 0 saturated carbocycles. The topological polar surface area (TPSA) is 0 Å². The third-order valence-electron chi connectivity index (χ3n) is 15.3. The molecular formula is C67H44. The van der Waals surface area contributed by atoms with Crippen LogP contribution in [-0.2, 0) is 5.41 Å². The first kappa shape index (κ1) is 38.0. The van der Waals surface area contributed by atoms with Crippen LogP contribution in [0.3, 0.4) is 0 Å². The van der Waals surface area contributed by atoms with Crippen LogP contribution in [0.5, 0.6) is 0 Å². The molecule has 0 heteroatoms. The van der Waals surface area contributed by atoms with Crippen molar-refractivity contribution in [2.75, 3.05) is 0 Å². The zero-order chi connectivity index (χ0) is 44.1. The van der Waals surface area contributed by atoms with E-state index in [9.17, 15) is 0 Å². The van der Waals surface area contributed by atoms with Gasteiger partial charge >= 0.3 is 0 Å². The van der Waals surface area contributed by atoms with Crippen LogP contribution in [0.15, 0.2) is 255 Å². The highest BCUT2D eigenvalue weighted by molar-refractivity contribution is 5.95. The van der Waals surface area contributed by atoms with Gasteiger partial charge in [-0.15, -0.1) is 0 Å². The van der Waals surface area contributed by atoms with Crippen molar-refractivity contribution in [3.8, 4) is 55.6 Å². The Balaban J connectivity index is 0.973. The highest BCUT2D eigenvalue weighted by Crippen LogP contribution is 2.60. The van der Waals surface area contributed by atoms with Gasteiger partial charge in [-0.2, -0.15) is 0 Å². The lowest BCUT2D eigenvalue weighted by molar-refractivity contribution is 0.768. The van der Waals surface area contributed by atoms with E-state index in [1.54, 1.807) is 0 Å². The molecule has 0 fully saturated rings. The molecule has 3 aliphatic rings. The first-order chi connectivity index (χ1) is 33.2. The summed E-state index contributed by atoms with van der Waals surface area (Å²) in [5.74, 6) is 0.256. The summed E-state index contributed by atoms with van der Waals surface area (Å²) < 4.78 is 0. The summed E-state index contributed by atoms with van der Waals surface area (Å²) in [6.07, 6.45) is 0. The van der Waals surface area contributed by atoms with Crippen molar-refractivity contribution in [1.29, 1.82) is 0 Å². The molecule has 11 aromatic rings. The predicted octanol–water partition coefficient (Wildman–Crippen LogP) is 16.9. The molecule has 0 N–H and O–H groups in total. The van der Waals surface area contributed by atoms with Gasteiger partial charge in [0.15, 0.2) is 0 Å². The number of hydrogen-bond donors (Lipinski definition) is 0. The fraction of sp³-hybridized carbons (Fsp3) is 0.0448. The average Bonchev–Trinajstić information content (AvgIpc) is 4.02. The van der Waals surface area contributed by atoms with Crippen molar-refractivity contribution in [2.24, 2.45) is 0 Å². The fourth-order valence-corrected chi connectivity index (χ4v) is 12.4. The van der Waals surface area contributed by atoms with E-state index in [2.05, 4.69) is 255 Å². The van der Waals surface area contributed by atoms with Gasteiger partial charge in [-0.25, -0.2) is 0 Å².